The monoisotopic (exact) mass is 276 g/mol. The molecule has 4 nitrogen and oxygen atoms in total. The van der Waals surface area contributed by atoms with Crippen LogP contribution in [0.4, 0.5) is 11.4 Å². The average Bonchev–Trinajstić information content (AvgIpc) is 2.94. The fourth-order valence-electron chi connectivity index (χ4n) is 2.83. The molecule has 0 bridgehead atoms. The fraction of sp³-hybridized carbons (Fsp3) is 0.562. The summed E-state index contributed by atoms with van der Waals surface area (Å²) in [5, 5.41) is 2.87. The number of methoxy groups -OCH3 is 1. The lowest BCUT2D eigenvalue weighted by atomic mass is 10.0. The Morgan fingerprint density at radius 2 is 2.15 bits per heavy atom. The summed E-state index contributed by atoms with van der Waals surface area (Å²) in [6, 6.07) is 5.28. The molecule has 1 aliphatic rings. The summed E-state index contributed by atoms with van der Waals surface area (Å²) in [5.41, 5.74) is 7.05. The second-order valence-electron chi connectivity index (χ2n) is 5.54. The van der Waals surface area contributed by atoms with Crippen LogP contribution in [0.3, 0.4) is 0 Å². The third-order valence-electron chi connectivity index (χ3n) is 4.03. The van der Waals surface area contributed by atoms with Crippen molar-refractivity contribution in [2.45, 2.75) is 44.9 Å². The first-order chi connectivity index (χ1) is 9.69. The van der Waals surface area contributed by atoms with Crippen molar-refractivity contribution in [2.75, 3.05) is 18.2 Å². The van der Waals surface area contributed by atoms with Crippen LogP contribution >= 0.6 is 0 Å². The number of carbonyl (C=O) groups is 1. The van der Waals surface area contributed by atoms with Crippen molar-refractivity contribution in [1.82, 2.24) is 0 Å². The zero-order valence-electron chi connectivity index (χ0n) is 12.2. The summed E-state index contributed by atoms with van der Waals surface area (Å²) in [4.78, 5) is 11.9. The first-order valence-electron chi connectivity index (χ1n) is 7.42. The smallest absolute Gasteiger partial charge is 0.224 e. The number of ether oxygens (including phenoxy) is 1. The molecular weight excluding hydrogens is 252 g/mol. The van der Waals surface area contributed by atoms with E-state index in [1.165, 1.54) is 32.1 Å². The lowest BCUT2D eigenvalue weighted by Gasteiger charge is -2.11. The van der Waals surface area contributed by atoms with Gasteiger partial charge in [-0.1, -0.05) is 25.7 Å². The van der Waals surface area contributed by atoms with Crippen molar-refractivity contribution in [2.24, 2.45) is 5.92 Å². The minimum atomic E-state index is 0.0305. The van der Waals surface area contributed by atoms with Crippen molar-refractivity contribution in [3.05, 3.63) is 18.2 Å². The van der Waals surface area contributed by atoms with E-state index in [-0.39, 0.29) is 5.91 Å². The number of rotatable bonds is 6. The third-order valence-corrected chi connectivity index (χ3v) is 4.03. The normalized spacial score (nSPS) is 15.2. The van der Waals surface area contributed by atoms with Gasteiger partial charge in [0.25, 0.3) is 0 Å². The summed E-state index contributed by atoms with van der Waals surface area (Å²) >= 11 is 0. The first kappa shape index (κ1) is 14.7. The van der Waals surface area contributed by atoms with Crippen LogP contribution in [0, 0.1) is 5.92 Å². The molecule has 1 aliphatic carbocycles. The van der Waals surface area contributed by atoms with Crippen LogP contribution in [0.5, 0.6) is 5.75 Å². The predicted molar refractivity (Wildman–Crippen MR) is 81.8 cm³/mol. The molecule has 1 fully saturated rings. The van der Waals surface area contributed by atoms with Gasteiger partial charge in [0.2, 0.25) is 5.91 Å². The highest BCUT2D eigenvalue weighted by molar-refractivity contribution is 5.94. The quantitative estimate of drug-likeness (QED) is 0.781. The Balaban J connectivity index is 1.78. The van der Waals surface area contributed by atoms with Crippen LogP contribution in [0.25, 0.3) is 0 Å². The molecule has 110 valence electrons. The molecule has 0 atom stereocenters. The van der Waals surface area contributed by atoms with Crippen molar-refractivity contribution >= 4 is 17.3 Å². The number of hydrogen-bond acceptors (Lipinski definition) is 3. The summed E-state index contributed by atoms with van der Waals surface area (Å²) in [7, 11) is 1.60. The zero-order valence-corrected chi connectivity index (χ0v) is 12.2. The van der Waals surface area contributed by atoms with Crippen LogP contribution in [-0.4, -0.2) is 13.0 Å². The second kappa shape index (κ2) is 7.17. The largest absolute Gasteiger partial charge is 0.497 e. The average molecular weight is 276 g/mol. The molecule has 3 N–H and O–H groups in total. The lowest BCUT2D eigenvalue weighted by Crippen LogP contribution is -2.13. The molecule has 0 aliphatic heterocycles. The standard InChI is InChI=1S/C16H24N2O2/c1-20-13-9-10-14(17)15(11-13)18-16(19)8-4-7-12-5-2-3-6-12/h9-12H,2-8,17H2,1H3,(H,18,19). The Morgan fingerprint density at radius 1 is 1.40 bits per heavy atom. The van der Waals surface area contributed by atoms with E-state index in [4.69, 9.17) is 10.5 Å². The molecular formula is C16H24N2O2. The number of benzene rings is 1. The molecule has 0 aromatic heterocycles. The molecule has 1 aromatic carbocycles. The molecule has 20 heavy (non-hydrogen) atoms. The van der Waals surface area contributed by atoms with Gasteiger partial charge < -0.3 is 15.8 Å². The number of anilines is 2. The third kappa shape index (κ3) is 4.15. The van der Waals surface area contributed by atoms with Gasteiger partial charge in [-0.3, -0.25) is 4.79 Å². The summed E-state index contributed by atoms with van der Waals surface area (Å²) in [5.74, 6) is 1.56. The molecule has 1 aromatic rings. The van der Waals surface area contributed by atoms with Gasteiger partial charge in [0.1, 0.15) is 5.75 Å². The number of carbonyl (C=O) groups excluding carboxylic acids is 1. The summed E-state index contributed by atoms with van der Waals surface area (Å²) in [6.45, 7) is 0. The maximum Gasteiger partial charge on any atom is 0.224 e. The highest BCUT2D eigenvalue weighted by Gasteiger charge is 2.15. The molecule has 0 unspecified atom stereocenters. The first-order valence-corrected chi connectivity index (χ1v) is 7.42. The molecule has 0 spiro atoms. The summed E-state index contributed by atoms with van der Waals surface area (Å²) in [6.07, 6.45) is 8.08. The number of amides is 1. The van der Waals surface area contributed by atoms with Crippen LogP contribution < -0.4 is 15.8 Å². The van der Waals surface area contributed by atoms with Gasteiger partial charge in [-0.2, -0.15) is 0 Å². The van der Waals surface area contributed by atoms with Gasteiger partial charge >= 0.3 is 0 Å². The van der Waals surface area contributed by atoms with Gasteiger partial charge in [0, 0.05) is 12.5 Å². The Hall–Kier alpha value is -1.71. The van der Waals surface area contributed by atoms with E-state index in [1.807, 2.05) is 0 Å². The van der Waals surface area contributed by atoms with Gasteiger partial charge in [0.05, 0.1) is 18.5 Å². The van der Waals surface area contributed by atoms with Crippen molar-refractivity contribution in [3.63, 3.8) is 0 Å². The van der Waals surface area contributed by atoms with Gasteiger partial charge in [-0.15, -0.1) is 0 Å². The summed E-state index contributed by atoms with van der Waals surface area (Å²) < 4.78 is 5.13. The van der Waals surface area contributed by atoms with Crippen LogP contribution in [0.2, 0.25) is 0 Å². The fourth-order valence-corrected chi connectivity index (χ4v) is 2.83. The molecule has 2 rings (SSSR count). The Kier molecular flexibility index (Phi) is 5.27. The molecule has 0 saturated heterocycles. The Labute approximate surface area is 120 Å². The maximum atomic E-state index is 11.9. The van der Waals surface area contributed by atoms with Crippen molar-refractivity contribution in [1.29, 1.82) is 0 Å². The highest BCUT2D eigenvalue weighted by atomic mass is 16.5. The van der Waals surface area contributed by atoms with Crippen LogP contribution in [0.1, 0.15) is 44.9 Å². The molecule has 0 radical (unpaired) electrons. The van der Waals surface area contributed by atoms with Crippen molar-refractivity contribution in [3.8, 4) is 5.75 Å². The Bertz CT molecular complexity index is 454. The molecule has 1 amide bonds. The number of nitrogens with two attached hydrogens (primary N) is 1. The zero-order chi connectivity index (χ0) is 14.4. The highest BCUT2D eigenvalue weighted by Crippen LogP contribution is 2.29. The van der Waals surface area contributed by atoms with E-state index in [1.54, 1.807) is 25.3 Å². The predicted octanol–water partition coefficient (Wildman–Crippen LogP) is 3.58. The topological polar surface area (TPSA) is 64.3 Å². The SMILES string of the molecule is COc1ccc(N)c(NC(=O)CCCC2CCCC2)c1. The van der Waals surface area contributed by atoms with Gasteiger partial charge in [-0.25, -0.2) is 0 Å². The van der Waals surface area contributed by atoms with E-state index in [9.17, 15) is 4.79 Å². The molecule has 4 heteroatoms. The maximum absolute atomic E-state index is 11.9. The minimum Gasteiger partial charge on any atom is -0.497 e. The van der Waals surface area contributed by atoms with Crippen molar-refractivity contribution < 1.29 is 9.53 Å². The van der Waals surface area contributed by atoms with E-state index in [0.717, 1.165) is 12.3 Å². The lowest BCUT2D eigenvalue weighted by molar-refractivity contribution is -0.116. The van der Waals surface area contributed by atoms with Gasteiger partial charge in [0.15, 0.2) is 0 Å². The number of hydrogen-bond donors (Lipinski definition) is 2. The second-order valence-corrected chi connectivity index (χ2v) is 5.54. The minimum absolute atomic E-state index is 0.0305. The number of nitrogen functional groups attached to an aromatic ring is 1. The molecule has 1 saturated carbocycles. The molecule has 0 heterocycles. The number of nitrogens with one attached hydrogen (secondary N) is 1. The van der Waals surface area contributed by atoms with E-state index >= 15 is 0 Å². The van der Waals surface area contributed by atoms with Crippen LogP contribution in [0.15, 0.2) is 18.2 Å². The van der Waals surface area contributed by atoms with Crippen LogP contribution in [-0.2, 0) is 4.79 Å². The Morgan fingerprint density at radius 3 is 2.85 bits per heavy atom. The van der Waals surface area contributed by atoms with E-state index in [2.05, 4.69) is 5.32 Å². The van der Waals surface area contributed by atoms with Gasteiger partial charge in [-0.05, 0) is 30.9 Å². The van der Waals surface area contributed by atoms with E-state index in [0.29, 0.717) is 23.5 Å². The van der Waals surface area contributed by atoms with E-state index < -0.39 is 0 Å².